The van der Waals surface area contributed by atoms with Gasteiger partial charge in [0, 0.05) is 6.54 Å². The second-order valence-electron chi connectivity index (χ2n) is 5.40. The molecule has 20 heavy (non-hydrogen) atoms. The Morgan fingerprint density at radius 2 is 1.65 bits per heavy atom. The van der Waals surface area contributed by atoms with E-state index in [1.165, 1.54) is 57.4 Å². The first-order valence-corrected chi connectivity index (χ1v) is 8.26. The van der Waals surface area contributed by atoms with Crippen molar-refractivity contribution in [3.8, 4) is 0 Å². The van der Waals surface area contributed by atoms with Gasteiger partial charge in [0.2, 0.25) is 0 Å². The van der Waals surface area contributed by atoms with Crippen LogP contribution in [0.2, 0.25) is 5.02 Å². The molecule has 0 atom stereocenters. The molecule has 0 bridgehead atoms. The summed E-state index contributed by atoms with van der Waals surface area (Å²) in [6.07, 6.45) is 10.6. The molecule has 1 aromatic carbocycles. The highest BCUT2D eigenvalue weighted by molar-refractivity contribution is 6.30. The molecule has 0 aliphatic carbocycles. The first-order chi connectivity index (χ1) is 9.74. The first-order valence-electron chi connectivity index (χ1n) is 7.88. The van der Waals surface area contributed by atoms with E-state index in [2.05, 4.69) is 12.2 Å². The third kappa shape index (κ3) is 7.86. The number of rotatable bonds is 11. The monoisotopic (exact) mass is 299 g/mol. The lowest BCUT2D eigenvalue weighted by molar-refractivity contribution is 0.554. The minimum Gasteiger partial charge on any atom is -0.313 e. The van der Waals surface area contributed by atoms with E-state index in [1.807, 2.05) is 6.07 Å². The molecule has 0 radical (unpaired) electrons. The molecule has 1 nitrogen and oxygen atoms in total. The molecule has 0 saturated carbocycles. The predicted molar refractivity (Wildman–Crippen MR) is 85.7 cm³/mol. The Hall–Kier alpha value is -0.600. The van der Waals surface area contributed by atoms with Crippen LogP contribution >= 0.6 is 11.6 Å². The van der Waals surface area contributed by atoms with E-state index in [-0.39, 0.29) is 10.8 Å². The zero-order valence-corrected chi connectivity index (χ0v) is 13.3. The molecule has 3 heteroatoms. The Morgan fingerprint density at radius 3 is 2.30 bits per heavy atom. The third-order valence-corrected chi connectivity index (χ3v) is 3.83. The van der Waals surface area contributed by atoms with Crippen molar-refractivity contribution in [3.63, 3.8) is 0 Å². The lowest BCUT2D eigenvalue weighted by Gasteiger charge is -2.06. The molecule has 1 N–H and O–H groups in total. The summed E-state index contributed by atoms with van der Waals surface area (Å²) in [6.45, 7) is 3.96. The third-order valence-electron chi connectivity index (χ3n) is 3.52. The van der Waals surface area contributed by atoms with Crippen LogP contribution in [0.3, 0.4) is 0 Å². The van der Waals surface area contributed by atoms with E-state index >= 15 is 0 Å². The molecular weight excluding hydrogens is 273 g/mol. The van der Waals surface area contributed by atoms with Gasteiger partial charge in [0.15, 0.2) is 0 Å². The van der Waals surface area contributed by atoms with Crippen LogP contribution in [-0.2, 0) is 6.54 Å². The maximum Gasteiger partial charge on any atom is 0.142 e. The van der Waals surface area contributed by atoms with Gasteiger partial charge in [-0.1, -0.05) is 69.5 Å². The van der Waals surface area contributed by atoms with E-state index in [4.69, 9.17) is 11.6 Å². The minimum atomic E-state index is -0.335. The van der Waals surface area contributed by atoms with E-state index in [0.29, 0.717) is 6.54 Å². The molecule has 0 heterocycles. The summed E-state index contributed by atoms with van der Waals surface area (Å²) < 4.78 is 13.2. The van der Waals surface area contributed by atoms with Crippen molar-refractivity contribution in [1.29, 1.82) is 0 Å². The fourth-order valence-electron chi connectivity index (χ4n) is 2.27. The van der Waals surface area contributed by atoms with Crippen LogP contribution in [0.25, 0.3) is 0 Å². The first kappa shape index (κ1) is 17.5. The van der Waals surface area contributed by atoms with Gasteiger partial charge in [-0.05, 0) is 30.7 Å². The number of halogens is 2. The summed E-state index contributed by atoms with van der Waals surface area (Å²) in [4.78, 5) is 0. The van der Waals surface area contributed by atoms with E-state index < -0.39 is 0 Å². The molecule has 0 saturated heterocycles. The topological polar surface area (TPSA) is 12.0 Å². The summed E-state index contributed by atoms with van der Waals surface area (Å²) in [6, 6.07) is 4.99. The van der Waals surface area contributed by atoms with Crippen molar-refractivity contribution in [2.75, 3.05) is 6.54 Å². The maximum atomic E-state index is 13.2. The van der Waals surface area contributed by atoms with Crippen LogP contribution in [-0.4, -0.2) is 6.54 Å². The van der Waals surface area contributed by atoms with Gasteiger partial charge < -0.3 is 5.32 Å². The Bertz CT molecular complexity index is 368. The van der Waals surface area contributed by atoms with E-state index in [0.717, 1.165) is 12.1 Å². The smallest absolute Gasteiger partial charge is 0.142 e. The van der Waals surface area contributed by atoms with Crippen LogP contribution in [0, 0.1) is 5.82 Å². The van der Waals surface area contributed by atoms with Crippen LogP contribution in [0.5, 0.6) is 0 Å². The average molecular weight is 300 g/mol. The fourth-order valence-corrected chi connectivity index (χ4v) is 2.38. The Labute approximate surface area is 127 Å². The minimum absolute atomic E-state index is 0.192. The van der Waals surface area contributed by atoms with Gasteiger partial charge in [-0.3, -0.25) is 0 Å². The van der Waals surface area contributed by atoms with Gasteiger partial charge >= 0.3 is 0 Å². The van der Waals surface area contributed by atoms with Crippen LogP contribution in [0.15, 0.2) is 18.2 Å². The number of unbranched alkanes of at least 4 members (excludes halogenated alkanes) is 7. The summed E-state index contributed by atoms with van der Waals surface area (Å²) >= 11 is 5.65. The molecule has 1 aromatic rings. The van der Waals surface area contributed by atoms with Gasteiger partial charge in [0.05, 0.1) is 5.02 Å². The van der Waals surface area contributed by atoms with E-state index in [9.17, 15) is 4.39 Å². The molecule has 0 fully saturated rings. The van der Waals surface area contributed by atoms with Gasteiger partial charge in [-0.25, -0.2) is 4.39 Å². The largest absolute Gasteiger partial charge is 0.313 e. The summed E-state index contributed by atoms with van der Waals surface area (Å²) in [5, 5.41) is 3.54. The van der Waals surface area contributed by atoms with Crippen molar-refractivity contribution in [2.24, 2.45) is 0 Å². The molecule has 0 spiro atoms. The molecule has 0 aliphatic rings. The van der Waals surface area contributed by atoms with Gasteiger partial charge in [0.25, 0.3) is 0 Å². The molecule has 0 aromatic heterocycles. The van der Waals surface area contributed by atoms with Crippen molar-refractivity contribution in [2.45, 2.75) is 64.8 Å². The quantitative estimate of drug-likeness (QED) is 0.516. The maximum absolute atomic E-state index is 13.2. The standard InChI is InChI=1S/C17H27ClFN/c1-2-3-4-5-6-7-8-9-12-20-14-15-10-11-16(18)17(19)13-15/h10-11,13,20H,2-9,12,14H2,1H3. The van der Waals surface area contributed by atoms with E-state index in [1.54, 1.807) is 6.07 Å². The van der Waals surface area contributed by atoms with Crippen molar-refractivity contribution in [3.05, 3.63) is 34.6 Å². The Morgan fingerprint density at radius 1 is 1.00 bits per heavy atom. The predicted octanol–water partition coefficient (Wildman–Crippen LogP) is 5.71. The number of hydrogen-bond acceptors (Lipinski definition) is 1. The highest BCUT2D eigenvalue weighted by Crippen LogP contribution is 2.15. The zero-order chi connectivity index (χ0) is 14.6. The van der Waals surface area contributed by atoms with Crippen molar-refractivity contribution in [1.82, 2.24) is 5.32 Å². The Kier molecular flexibility index (Phi) is 9.69. The SMILES string of the molecule is CCCCCCCCCCNCc1ccc(Cl)c(F)c1. The number of nitrogens with one attached hydrogen (secondary N) is 1. The second kappa shape index (κ2) is 11.1. The molecule has 0 aliphatic heterocycles. The van der Waals surface area contributed by atoms with Crippen molar-refractivity contribution < 1.29 is 4.39 Å². The molecule has 0 amide bonds. The highest BCUT2D eigenvalue weighted by atomic mass is 35.5. The fraction of sp³-hybridized carbons (Fsp3) is 0.647. The van der Waals surface area contributed by atoms with Gasteiger partial charge in [-0.2, -0.15) is 0 Å². The molecule has 1 rings (SSSR count). The second-order valence-corrected chi connectivity index (χ2v) is 5.81. The average Bonchev–Trinajstić information content (AvgIpc) is 2.45. The molecular formula is C17H27ClFN. The number of benzene rings is 1. The highest BCUT2D eigenvalue weighted by Gasteiger charge is 2.00. The van der Waals surface area contributed by atoms with Crippen LogP contribution in [0.4, 0.5) is 4.39 Å². The summed E-state index contributed by atoms with van der Waals surface area (Å²) in [7, 11) is 0. The van der Waals surface area contributed by atoms with Crippen LogP contribution < -0.4 is 5.32 Å². The lowest BCUT2D eigenvalue weighted by atomic mass is 10.1. The van der Waals surface area contributed by atoms with Crippen molar-refractivity contribution >= 4 is 11.6 Å². The zero-order valence-electron chi connectivity index (χ0n) is 12.6. The molecule has 0 unspecified atom stereocenters. The van der Waals surface area contributed by atoms with Crippen LogP contribution in [0.1, 0.15) is 63.9 Å². The Balaban J connectivity index is 1.95. The van der Waals surface area contributed by atoms with Gasteiger partial charge in [-0.15, -0.1) is 0 Å². The van der Waals surface area contributed by atoms with Gasteiger partial charge in [0.1, 0.15) is 5.82 Å². The number of hydrogen-bond donors (Lipinski definition) is 1. The molecule has 114 valence electrons. The lowest BCUT2D eigenvalue weighted by Crippen LogP contribution is -2.14. The summed E-state index contributed by atoms with van der Waals surface area (Å²) in [5.74, 6) is -0.335. The summed E-state index contributed by atoms with van der Waals surface area (Å²) in [5.41, 5.74) is 0.950. The normalized spacial score (nSPS) is 10.9.